The lowest BCUT2D eigenvalue weighted by molar-refractivity contribution is 0.291. The SMILES string of the molecule is CCC1CCN(C[C@@H]2CCCN2)C1. The van der Waals surface area contributed by atoms with E-state index in [0.717, 1.165) is 12.0 Å². The molecule has 0 aliphatic carbocycles. The Morgan fingerprint density at radius 2 is 2.31 bits per heavy atom. The van der Waals surface area contributed by atoms with E-state index in [1.54, 1.807) is 0 Å². The van der Waals surface area contributed by atoms with Gasteiger partial charge in [0.25, 0.3) is 0 Å². The Balaban J connectivity index is 1.70. The third kappa shape index (κ3) is 2.44. The highest BCUT2D eigenvalue weighted by Gasteiger charge is 2.24. The zero-order valence-corrected chi connectivity index (χ0v) is 8.76. The first-order valence-electron chi connectivity index (χ1n) is 5.84. The van der Waals surface area contributed by atoms with E-state index in [-0.39, 0.29) is 0 Å². The first-order chi connectivity index (χ1) is 6.38. The highest BCUT2D eigenvalue weighted by atomic mass is 15.2. The minimum Gasteiger partial charge on any atom is -0.313 e. The van der Waals surface area contributed by atoms with Crippen molar-refractivity contribution in [1.82, 2.24) is 10.2 Å². The molecule has 0 aromatic heterocycles. The Bertz CT molecular complexity index is 152. The standard InChI is InChI=1S/C11H22N2/c1-2-10-5-7-13(8-10)9-11-4-3-6-12-11/h10-12H,2-9H2,1H3/t10?,11-/m0/s1. The van der Waals surface area contributed by atoms with Crippen LogP contribution in [0.5, 0.6) is 0 Å². The van der Waals surface area contributed by atoms with Crippen molar-refractivity contribution < 1.29 is 0 Å². The van der Waals surface area contributed by atoms with Gasteiger partial charge >= 0.3 is 0 Å². The number of nitrogens with zero attached hydrogens (tertiary/aromatic N) is 1. The Morgan fingerprint density at radius 3 is 2.92 bits per heavy atom. The van der Waals surface area contributed by atoms with E-state index >= 15 is 0 Å². The van der Waals surface area contributed by atoms with Gasteiger partial charge in [-0.2, -0.15) is 0 Å². The van der Waals surface area contributed by atoms with Gasteiger partial charge in [-0.1, -0.05) is 13.3 Å². The Hall–Kier alpha value is -0.0800. The first-order valence-corrected chi connectivity index (χ1v) is 5.84. The average Bonchev–Trinajstić information content (AvgIpc) is 2.76. The van der Waals surface area contributed by atoms with Gasteiger partial charge < -0.3 is 10.2 Å². The Morgan fingerprint density at radius 1 is 1.38 bits per heavy atom. The average molecular weight is 182 g/mol. The second kappa shape index (κ2) is 4.43. The van der Waals surface area contributed by atoms with Crippen molar-refractivity contribution in [3.63, 3.8) is 0 Å². The predicted molar refractivity (Wildman–Crippen MR) is 55.9 cm³/mol. The minimum atomic E-state index is 0.801. The molecule has 2 atom stereocenters. The molecule has 0 saturated carbocycles. The summed E-state index contributed by atoms with van der Waals surface area (Å²) in [5.74, 6) is 0.987. The molecular weight excluding hydrogens is 160 g/mol. The van der Waals surface area contributed by atoms with Gasteiger partial charge in [-0.25, -0.2) is 0 Å². The Kier molecular flexibility index (Phi) is 3.23. The molecule has 2 heteroatoms. The quantitative estimate of drug-likeness (QED) is 0.711. The summed E-state index contributed by atoms with van der Waals surface area (Å²) in [7, 11) is 0. The largest absolute Gasteiger partial charge is 0.313 e. The topological polar surface area (TPSA) is 15.3 Å². The molecule has 0 amide bonds. The number of likely N-dealkylation sites (tertiary alicyclic amines) is 1. The van der Waals surface area contributed by atoms with Crippen LogP contribution in [0.4, 0.5) is 0 Å². The normalized spacial score (nSPS) is 35.8. The van der Waals surface area contributed by atoms with Gasteiger partial charge in [0.15, 0.2) is 0 Å². The van der Waals surface area contributed by atoms with Gasteiger partial charge in [-0.15, -0.1) is 0 Å². The van der Waals surface area contributed by atoms with E-state index in [9.17, 15) is 0 Å². The van der Waals surface area contributed by atoms with Crippen LogP contribution in [-0.2, 0) is 0 Å². The maximum absolute atomic E-state index is 3.57. The van der Waals surface area contributed by atoms with Gasteiger partial charge in [0.2, 0.25) is 0 Å². The molecule has 76 valence electrons. The summed E-state index contributed by atoms with van der Waals surface area (Å²) >= 11 is 0. The zero-order valence-electron chi connectivity index (χ0n) is 8.76. The second-order valence-electron chi connectivity index (χ2n) is 4.62. The van der Waals surface area contributed by atoms with Gasteiger partial charge in [0.1, 0.15) is 0 Å². The lowest BCUT2D eigenvalue weighted by Crippen LogP contribution is -2.36. The minimum absolute atomic E-state index is 0.801. The second-order valence-corrected chi connectivity index (χ2v) is 4.62. The maximum Gasteiger partial charge on any atom is 0.0195 e. The summed E-state index contributed by atoms with van der Waals surface area (Å²) in [6, 6.07) is 0.801. The fraction of sp³-hybridized carbons (Fsp3) is 1.00. The van der Waals surface area contributed by atoms with Crippen LogP contribution in [0.3, 0.4) is 0 Å². The van der Waals surface area contributed by atoms with Crippen LogP contribution in [-0.4, -0.2) is 37.1 Å². The number of rotatable bonds is 3. The van der Waals surface area contributed by atoms with E-state index in [1.807, 2.05) is 0 Å². The molecule has 2 heterocycles. The molecule has 0 radical (unpaired) electrons. The molecule has 0 aromatic rings. The molecule has 2 fully saturated rings. The maximum atomic E-state index is 3.57. The predicted octanol–water partition coefficient (Wildman–Crippen LogP) is 1.47. The summed E-state index contributed by atoms with van der Waals surface area (Å²) < 4.78 is 0. The number of hydrogen-bond donors (Lipinski definition) is 1. The molecule has 13 heavy (non-hydrogen) atoms. The zero-order chi connectivity index (χ0) is 9.10. The fourth-order valence-electron chi connectivity index (χ4n) is 2.64. The van der Waals surface area contributed by atoms with Crippen LogP contribution >= 0.6 is 0 Å². The summed E-state index contributed by atoms with van der Waals surface area (Å²) in [6.45, 7) is 7.57. The molecule has 0 bridgehead atoms. The smallest absolute Gasteiger partial charge is 0.0195 e. The number of nitrogens with one attached hydrogen (secondary N) is 1. The number of hydrogen-bond acceptors (Lipinski definition) is 2. The van der Waals surface area contributed by atoms with Crippen molar-refractivity contribution >= 4 is 0 Å². The van der Waals surface area contributed by atoms with Crippen molar-refractivity contribution in [1.29, 1.82) is 0 Å². The summed E-state index contributed by atoms with van der Waals surface area (Å²) in [6.07, 6.45) is 5.58. The van der Waals surface area contributed by atoms with Crippen molar-refractivity contribution in [2.45, 2.75) is 38.6 Å². The van der Waals surface area contributed by atoms with Gasteiger partial charge in [0.05, 0.1) is 0 Å². The molecule has 2 saturated heterocycles. The molecular formula is C11H22N2. The monoisotopic (exact) mass is 182 g/mol. The van der Waals surface area contributed by atoms with E-state index in [2.05, 4.69) is 17.1 Å². The molecule has 1 unspecified atom stereocenters. The molecule has 0 spiro atoms. The highest BCUT2D eigenvalue weighted by molar-refractivity contribution is 4.82. The van der Waals surface area contributed by atoms with E-state index in [1.165, 1.54) is 51.9 Å². The van der Waals surface area contributed by atoms with Crippen LogP contribution in [0.1, 0.15) is 32.6 Å². The van der Waals surface area contributed by atoms with Gasteiger partial charge in [-0.3, -0.25) is 0 Å². The molecule has 0 aromatic carbocycles. The van der Waals surface area contributed by atoms with Crippen molar-refractivity contribution in [3.8, 4) is 0 Å². The molecule has 2 nitrogen and oxygen atoms in total. The van der Waals surface area contributed by atoms with Gasteiger partial charge in [-0.05, 0) is 38.3 Å². The Labute approximate surface area is 81.7 Å². The van der Waals surface area contributed by atoms with Crippen molar-refractivity contribution in [3.05, 3.63) is 0 Å². The summed E-state index contributed by atoms with van der Waals surface area (Å²) in [5, 5.41) is 3.57. The molecule has 2 aliphatic rings. The lowest BCUT2D eigenvalue weighted by Gasteiger charge is -2.20. The highest BCUT2D eigenvalue weighted by Crippen LogP contribution is 2.20. The fourth-order valence-corrected chi connectivity index (χ4v) is 2.64. The van der Waals surface area contributed by atoms with Crippen LogP contribution in [0.15, 0.2) is 0 Å². The van der Waals surface area contributed by atoms with Crippen molar-refractivity contribution in [2.24, 2.45) is 5.92 Å². The summed E-state index contributed by atoms with van der Waals surface area (Å²) in [5.41, 5.74) is 0. The van der Waals surface area contributed by atoms with Crippen LogP contribution in [0, 0.1) is 5.92 Å². The van der Waals surface area contributed by atoms with E-state index in [4.69, 9.17) is 0 Å². The van der Waals surface area contributed by atoms with Crippen LogP contribution in [0.2, 0.25) is 0 Å². The third-order valence-corrected chi connectivity index (χ3v) is 3.59. The molecule has 2 aliphatic heterocycles. The first kappa shape index (κ1) is 9.47. The molecule has 2 rings (SSSR count). The van der Waals surface area contributed by atoms with Crippen molar-refractivity contribution in [2.75, 3.05) is 26.2 Å². The van der Waals surface area contributed by atoms with Crippen LogP contribution in [0.25, 0.3) is 0 Å². The van der Waals surface area contributed by atoms with E-state index in [0.29, 0.717) is 0 Å². The van der Waals surface area contributed by atoms with E-state index < -0.39 is 0 Å². The summed E-state index contributed by atoms with van der Waals surface area (Å²) in [4.78, 5) is 2.65. The van der Waals surface area contributed by atoms with Crippen LogP contribution < -0.4 is 5.32 Å². The lowest BCUT2D eigenvalue weighted by atomic mass is 10.1. The van der Waals surface area contributed by atoms with Gasteiger partial charge in [0, 0.05) is 19.1 Å². The molecule has 1 N–H and O–H groups in total. The third-order valence-electron chi connectivity index (χ3n) is 3.59.